The maximum Gasteiger partial charge on any atom is 0.216 e. The molecular weight excluding hydrogens is 331 g/mol. The third kappa shape index (κ3) is 6.88. The maximum atomic E-state index is 6.35. The zero-order valence-corrected chi connectivity index (χ0v) is 16.3. The standard InChI is InChI=1S/C17H32N4.2ClH/c1-3-14(2)19-20-17(18)21(15-10-6-4-7-11-15)16-12-8-5-9-13-16;;/h15-16H,3-13H2,1-2H3,(H2,18,20);2*1H. The van der Waals surface area contributed by atoms with Gasteiger partial charge in [0, 0.05) is 17.8 Å². The molecule has 2 N–H and O–H groups in total. The van der Waals surface area contributed by atoms with Gasteiger partial charge in [-0.05, 0) is 39.0 Å². The molecule has 2 rings (SSSR count). The molecule has 0 aliphatic heterocycles. The summed E-state index contributed by atoms with van der Waals surface area (Å²) in [6, 6.07) is 1.17. The molecule has 0 spiro atoms. The number of nitrogens with zero attached hydrogens (tertiary/aromatic N) is 3. The summed E-state index contributed by atoms with van der Waals surface area (Å²) in [6.45, 7) is 4.12. The van der Waals surface area contributed by atoms with Crippen molar-refractivity contribution in [3.8, 4) is 0 Å². The number of nitrogens with two attached hydrogens (primary N) is 1. The van der Waals surface area contributed by atoms with Gasteiger partial charge in [0.05, 0.1) is 0 Å². The van der Waals surface area contributed by atoms with Gasteiger partial charge in [-0.1, -0.05) is 45.4 Å². The third-order valence-corrected chi connectivity index (χ3v) is 5.04. The predicted molar refractivity (Wildman–Crippen MR) is 105 cm³/mol. The van der Waals surface area contributed by atoms with Crippen molar-refractivity contribution >= 4 is 36.5 Å². The molecule has 4 nitrogen and oxygen atoms in total. The van der Waals surface area contributed by atoms with Gasteiger partial charge in [-0.25, -0.2) is 0 Å². The quantitative estimate of drug-likeness (QED) is 0.438. The summed E-state index contributed by atoms with van der Waals surface area (Å²) < 4.78 is 0. The molecule has 0 unspecified atom stereocenters. The van der Waals surface area contributed by atoms with E-state index in [9.17, 15) is 0 Å². The zero-order valence-electron chi connectivity index (χ0n) is 14.7. The van der Waals surface area contributed by atoms with E-state index in [1.165, 1.54) is 64.2 Å². The molecule has 0 heterocycles. The number of hydrogen-bond donors (Lipinski definition) is 1. The highest BCUT2D eigenvalue weighted by molar-refractivity contribution is 5.85. The largest absolute Gasteiger partial charge is 0.368 e. The van der Waals surface area contributed by atoms with Gasteiger partial charge in [-0.2, -0.15) is 5.10 Å². The van der Waals surface area contributed by atoms with Crippen LogP contribution in [-0.4, -0.2) is 28.7 Å². The predicted octanol–water partition coefficient (Wildman–Crippen LogP) is 4.90. The lowest BCUT2D eigenvalue weighted by atomic mass is 9.89. The van der Waals surface area contributed by atoms with Crippen LogP contribution in [0.4, 0.5) is 0 Å². The lowest BCUT2D eigenvalue weighted by Crippen LogP contribution is -2.51. The summed E-state index contributed by atoms with van der Waals surface area (Å²) in [5.74, 6) is 0.654. The molecule has 0 atom stereocenters. The molecule has 2 fully saturated rings. The van der Waals surface area contributed by atoms with Gasteiger partial charge in [0.15, 0.2) is 0 Å². The summed E-state index contributed by atoms with van der Waals surface area (Å²) in [5.41, 5.74) is 7.40. The van der Waals surface area contributed by atoms with Crippen LogP contribution in [0.15, 0.2) is 10.2 Å². The van der Waals surface area contributed by atoms with E-state index >= 15 is 0 Å². The zero-order chi connectivity index (χ0) is 15.1. The Kier molecular flexibility index (Phi) is 11.7. The van der Waals surface area contributed by atoms with Crippen LogP contribution in [0.5, 0.6) is 0 Å². The first-order valence-corrected chi connectivity index (χ1v) is 8.87. The van der Waals surface area contributed by atoms with Crippen LogP contribution in [-0.2, 0) is 0 Å². The van der Waals surface area contributed by atoms with Crippen molar-refractivity contribution in [3.63, 3.8) is 0 Å². The average molecular weight is 365 g/mol. The number of rotatable bonds is 4. The Bertz CT molecular complexity index is 355. The average Bonchev–Trinajstić information content (AvgIpc) is 2.55. The molecule has 0 saturated heterocycles. The molecule has 23 heavy (non-hydrogen) atoms. The first kappa shape index (κ1) is 22.5. The molecule has 2 aliphatic carbocycles. The fourth-order valence-corrected chi connectivity index (χ4v) is 3.65. The molecule has 0 amide bonds. The Morgan fingerprint density at radius 2 is 1.30 bits per heavy atom. The molecule has 0 aromatic heterocycles. The summed E-state index contributed by atoms with van der Waals surface area (Å²) in [5, 5.41) is 8.65. The van der Waals surface area contributed by atoms with Crippen LogP contribution in [0, 0.1) is 0 Å². The Labute approximate surface area is 154 Å². The van der Waals surface area contributed by atoms with E-state index in [1.54, 1.807) is 0 Å². The topological polar surface area (TPSA) is 54.0 Å². The number of guanidine groups is 1. The van der Waals surface area contributed by atoms with Crippen molar-refractivity contribution in [2.24, 2.45) is 15.9 Å². The molecular formula is C17H34Cl2N4. The van der Waals surface area contributed by atoms with Crippen LogP contribution >= 0.6 is 24.8 Å². The van der Waals surface area contributed by atoms with Gasteiger partial charge in [0.25, 0.3) is 0 Å². The fraction of sp³-hybridized carbons (Fsp3) is 0.882. The van der Waals surface area contributed by atoms with Crippen molar-refractivity contribution < 1.29 is 0 Å². The molecule has 6 heteroatoms. The molecule has 0 bridgehead atoms. The molecule has 0 radical (unpaired) electrons. The summed E-state index contributed by atoms with van der Waals surface area (Å²) >= 11 is 0. The van der Waals surface area contributed by atoms with Crippen molar-refractivity contribution in [2.75, 3.05) is 0 Å². The van der Waals surface area contributed by atoms with Gasteiger partial charge in [-0.15, -0.1) is 29.9 Å². The van der Waals surface area contributed by atoms with Crippen molar-refractivity contribution in [3.05, 3.63) is 0 Å². The van der Waals surface area contributed by atoms with E-state index in [0.717, 1.165) is 12.1 Å². The van der Waals surface area contributed by atoms with E-state index in [2.05, 4.69) is 22.0 Å². The summed E-state index contributed by atoms with van der Waals surface area (Å²) in [7, 11) is 0. The summed E-state index contributed by atoms with van der Waals surface area (Å²) in [4.78, 5) is 2.44. The Hall–Kier alpha value is -0.480. The lowest BCUT2D eigenvalue weighted by Gasteiger charge is -2.42. The van der Waals surface area contributed by atoms with Gasteiger partial charge in [0.1, 0.15) is 0 Å². The monoisotopic (exact) mass is 364 g/mol. The van der Waals surface area contributed by atoms with Crippen LogP contribution in [0.25, 0.3) is 0 Å². The van der Waals surface area contributed by atoms with Gasteiger partial charge in [0.2, 0.25) is 5.96 Å². The first-order valence-electron chi connectivity index (χ1n) is 8.87. The molecule has 0 aromatic rings. The van der Waals surface area contributed by atoms with Crippen LogP contribution < -0.4 is 5.73 Å². The molecule has 0 aromatic carbocycles. The second-order valence-electron chi connectivity index (χ2n) is 6.64. The second kappa shape index (κ2) is 12.0. The molecule has 136 valence electrons. The van der Waals surface area contributed by atoms with Crippen LogP contribution in [0.3, 0.4) is 0 Å². The van der Waals surface area contributed by atoms with E-state index in [4.69, 9.17) is 5.73 Å². The van der Waals surface area contributed by atoms with Crippen molar-refractivity contribution in [2.45, 2.75) is 96.6 Å². The van der Waals surface area contributed by atoms with E-state index in [-0.39, 0.29) is 24.8 Å². The van der Waals surface area contributed by atoms with E-state index in [1.807, 2.05) is 6.92 Å². The molecule has 2 saturated carbocycles. The SMILES string of the molecule is CCC(C)=NN=C(N)N(C1CCCCC1)C1CCCCC1.Cl.Cl. The number of halogens is 2. The van der Waals surface area contributed by atoms with E-state index < -0.39 is 0 Å². The summed E-state index contributed by atoms with van der Waals surface area (Å²) in [6.07, 6.45) is 14.1. The minimum absolute atomic E-state index is 0. The highest BCUT2D eigenvalue weighted by Gasteiger charge is 2.30. The molecule has 2 aliphatic rings. The van der Waals surface area contributed by atoms with Crippen molar-refractivity contribution in [1.29, 1.82) is 0 Å². The minimum Gasteiger partial charge on any atom is -0.368 e. The second-order valence-corrected chi connectivity index (χ2v) is 6.64. The fourth-order valence-electron chi connectivity index (χ4n) is 3.65. The highest BCUT2D eigenvalue weighted by Crippen LogP contribution is 2.29. The van der Waals surface area contributed by atoms with Gasteiger partial charge in [-0.3, -0.25) is 0 Å². The third-order valence-electron chi connectivity index (χ3n) is 5.04. The van der Waals surface area contributed by atoms with Gasteiger partial charge >= 0.3 is 0 Å². The van der Waals surface area contributed by atoms with E-state index in [0.29, 0.717) is 18.0 Å². The maximum absolute atomic E-state index is 6.35. The normalized spacial score (nSPS) is 21.3. The lowest BCUT2D eigenvalue weighted by molar-refractivity contribution is 0.155. The van der Waals surface area contributed by atoms with Crippen LogP contribution in [0.1, 0.15) is 84.5 Å². The minimum atomic E-state index is 0. The Balaban J connectivity index is 0.00000242. The van der Waals surface area contributed by atoms with Crippen LogP contribution in [0.2, 0.25) is 0 Å². The Morgan fingerprint density at radius 3 is 1.70 bits per heavy atom. The first-order chi connectivity index (χ1) is 10.2. The number of hydrogen-bond acceptors (Lipinski definition) is 2. The Morgan fingerprint density at radius 1 is 0.870 bits per heavy atom. The van der Waals surface area contributed by atoms with Crippen molar-refractivity contribution in [1.82, 2.24) is 4.90 Å². The highest BCUT2D eigenvalue weighted by atomic mass is 35.5. The van der Waals surface area contributed by atoms with Gasteiger partial charge < -0.3 is 10.6 Å². The smallest absolute Gasteiger partial charge is 0.216 e.